The maximum Gasteiger partial charge on any atom is 0.166 e. The fourth-order valence-electron chi connectivity index (χ4n) is 3.48. The molecule has 2 fully saturated rings. The van der Waals surface area contributed by atoms with Crippen LogP contribution in [0.15, 0.2) is 0 Å². The Labute approximate surface area is 117 Å². The Bertz CT molecular complexity index is 282. The number of hydrogen-bond acceptors (Lipinski definition) is 1. The molecule has 2 nitrogen and oxygen atoms in total. The van der Waals surface area contributed by atoms with Crippen molar-refractivity contribution in [3.05, 3.63) is 0 Å². The molecular formula is C15H28N2S. The summed E-state index contributed by atoms with van der Waals surface area (Å²) in [6.07, 6.45) is 11.9. The number of rotatable bonds is 2. The lowest BCUT2D eigenvalue weighted by Crippen LogP contribution is -2.48. The molecule has 104 valence electrons. The van der Waals surface area contributed by atoms with E-state index in [1.54, 1.807) is 0 Å². The lowest BCUT2D eigenvalue weighted by Gasteiger charge is -2.36. The van der Waals surface area contributed by atoms with Crippen molar-refractivity contribution in [1.82, 2.24) is 10.6 Å². The van der Waals surface area contributed by atoms with E-state index in [1.807, 2.05) is 0 Å². The van der Waals surface area contributed by atoms with Crippen molar-refractivity contribution in [2.75, 3.05) is 0 Å². The molecule has 0 heterocycles. The van der Waals surface area contributed by atoms with Gasteiger partial charge in [0.2, 0.25) is 0 Å². The third-order valence-electron chi connectivity index (χ3n) is 4.48. The standard InChI is InChI=1S/C15H28N2S/c1-15(2)10-6-9-13(11-15)17-14(18)16-12-7-4-3-5-8-12/h12-13H,3-11H2,1-2H3,(H2,16,17,18). The van der Waals surface area contributed by atoms with Crippen LogP contribution in [0.5, 0.6) is 0 Å². The van der Waals surface area contributed by atoms with Gasteiger partial charge in [-0.25, -0.2) is 0 Å². The van der Waals surface area contributed by atoms with Gasteiger partial charge in [-0.2, -0.15) is 0 Å². The third kappa shape index (κ3) is 4.42. The molecule has 2 N–H and O–H groups in total. The summed E-state index contributed by atoms with van der Waals surface area (Å²) in [7, 11) is 0. The normalized spacial score (nSPS) is 28.7. The molecule has 0 bridgehead atoms. The number of nitrogens with one attached hydrogen (secondary N) is 2. The van der Waals surface area contributed by atoms with Crippen molar-refractivity contribution >= 4 is 17.3 Å². The highest BCUT2D eigenvalue weighted by Gasteiger charge is 2.28. The second kappa shape index (κ2) is 6.23. The predicted molar refractivity (Wildman–Crippen MR) is 81.8 cm³/mol. The van der Waals surface area contributed by atoms with Crippen LogP contribution in [-0.2, 0) is 0 Å². The molecule has 0 amide bonds. The van der Waals surface area contributed by atoms with E-state index in [1.165, 1.54) is 57.8 Å². The van der Waals surface area contributed by atoms with Crippen molar-refractivity contribution in [1.29, 1.82) is 0 Å². The van der Waals surface area contributed by atoms with Crippen LogP contribution in [0.25, 0.3) is 0 Å². The lowest BCUT2D eigenvalue weighted by atomic mass is 9.75. The van der Waals surface area contributed by atoms with Crippen molar-refractivity contribution < 1.29 is 0 Å². The molecule has 1 unspecified atom stereocenters. The van der Waals surface area contributed by atoms with Crippen LogP contribution in [0.2, 0.25) is 0 Å². The first-order valence-electron chi connectivity index (χ1n) is 7.62. The molecule has 1 atom stereocenters. The largest absolute Gasteiger partial charge is 0.360 e. The smallest absolute Gasteiger partial charge is 0.166 e. The Morgan fingerprint density at radius 1 is 0.944 bits per heavy atom. The van der Waals surface area contributed by atoms with Gasteiger partial charge in [0, 0.05) is 12.1 Å². The van der Waals surface area contributed by atoms with Crippen molar-refractivity contribution in [3.63, 3.8) is 0 Å². The first kappa shape index (κ1) is 14.1. The summed E-state index contributed by atoms with van der Waals surface area (Å²) in [4.78, 5) is 0. The average molecular weight is 268 g/mol. The fraction of sp³-hybridized carbons (Fsp3) is 0.933. The van der Waals surface area contributed by atoms with Gasteiger partial charge >= 0.3 is 0 Å². The number of thiocarbonyl (C=S) groups is 1. The van der Waals surface area contributed by atoms with Crippen molar-refractivity contribution in [2.24, 2.45) is 5.41 Å². The highest BCUT2D eigenvalue weighted by Crippen LogP contribution is 2.35. The number of hydrogen-bond donors (Lipinski definition) is 2. The van der Waals surface area contributed by atoms with Crippen molar-refractivity contribution in [2.45, 2.75) is 83.7 Å². The van der Waals surface area contributed by atoms with Crippen LogP contribution < -0.4 is 10.6 Å². The summed E-state index contributed by atoms with van der Waals surface area (Å²) in [5.41, 5.74) is 0.483. The van der Waals surface area contributed by atoms with Gasteiger partial charge in [0.15, 0.2) is 5.11 Å². The molecule has 0 spiro atoms. The third-order valence-corrected chi connectivity index (χ3v) is 4.72. The summed E-state index contributed by atoms with van der Waals surface area (Å²) < 4.78 is 0. The topological polar surface area (TPSA) is 24.1 Å². The van der Waals surface area contributed by atoms with E-state index in [0.29, 0.717) is 17.5 Å². The Hall–Kier alpha value is -0.310. The van der Waals surface area contributed by atoms with Gasteiger partial charge < -0.3 is 10.6 Å². The zero-order valence-corrected chi connectivity index (χ0v) is 12.7. The van der Waals surface area contributed by atoms with Gasteiger partial charge in [-0.05, 0) is 49.7 Å². The highest BCUT2D eigenvalue weighted by atomic mass is 32.1. The molecule has 0 aliphatic heterocycles. The predicted octanol–water partition coefficient (Wildman–Crippen LogP) is 3.75. The van der Waals surface area contributed by atoms with Crippen LogP contribution in [-0.4, -0.2) is 17.2 Å². The molecule has 2 rings (SSSR count). The molecule has 0 aromatic heterocycles. The van der Waals surface area contributed by atoms with E-state index >= 15 is 0 Å². The lowest BCUT2D eigenvalue weighted by molar-refractivity contribution is 0.210. The average Bonchev–Trinajstić information content (AvgIpc) is 2.28. The van der Waals surface area contributed by atoms with Crippen LogP contribution in [0.1, 0.15) is 71.6 Å². The van der Waals surface area contributed by atoms with E-state index < -0.39 is 0 Å². The van der Waals surface area contributed by atoms with Crippen LogP contribution in [0.3, 0.4) is 0 Å². The zero-order chi connectivity index (χ0) is 13.0. The highest BCUT2D eigenvalue weighted by molar-refractivity contribution is 7.80. The first-order valence-corrected chi connectivity index (χ1v) is 8.03. The fourth-order valence-corrected chi connectivity index (χ4v) is 3.81. The molecule has 0 aromatic carbocycles. The Morgan fingerprint density at radius 3 is 2.22 bits per heavy atom. The maximum atomic E-state index is 5.47. The Balaban J connectivity index is 1.73. The Kier molecular flexibility index (Phi) is 4.88. The molecule has 0 radical (unpaired) electrons. The van der Waals surface area contributed by atoms with Gasteiger partial charge in [-0.3, -0.25) is 0 Å². The summed E-state index contributed by atoms with van der Waals surface area (Å²) in [6, 6.07) is 1.20. The van der Waals surface area contributed by atoms with Gasteiger partial charge in [0.25, 0.3) is 0 Å². The molecule has 0 saturated heterocycles. The molecule has 2 aliphatic carbocycles. The quantitative estimate of drug-likeness (QED) is 0.746. The zero-order valence-electron chi connectivity index (χ0n) is 11.9. The van der Waals surface area contributed by atoms with E-state index in [2.05, 4.69) is 24.5 Å². The minimum Gasteiger partial charge on any atom is -0.360 e. The summed E-state index contributed by atoms with van der Waals surface area (Å²) in [6.45, 7) is 4.75. The molecule has 0 aromatic rings. The second-order valence-corrected chi connectivity index (χ2v) is 7.32. The monoisotopic (exact) mass is 268 g/mol. The minimum atomic E-state index is 0.483. The van der Waals surface area contributed by atoms with E-state index in [0.717, 1.165) is 5.11 Å². The first-order chi connectivity index (χ1) is 8.55. The molecule has 2 aliphatic rings. The Morgan fingerprint density at radius 2 is 1.56 bits per heavy atom. The van der Waals surface area contributed by atoms with E-state index in [9.17, 15) is 0 Å². The van der Waals surface area contributed by atoms with Gasteiger partial charge in [0.05, 0.1) is 0 Å². The van der Waals surface area contributed by atoms with E-state index in [-0.39, 0.29) is 0 Å². The van der Waals surface area contributed by atoms with Gasteiger partial charge in [-0.1, -0.05) is 39.5 Å². The van der Waals surface area contributed by atoms with Crippen LogP contribution in [0, 0.1) is 5.41 Å². The SMILES string of the molecule is CC1(C)CCCC(NC(=S)NC2CCCCC2)C1. The minimum absolute atomic E-state index is 0.483. The van der Waals surface area contributed by atoms with Crippen LogP contribution >= 0.6 is 12.2 Å². The summed E-state index contributed by atoms with van der Waals surface area (Å²) >= 11 is 5.47. The van der Waals surface area contributed by atoms with Crippen molar-refractivity contribution in [3.8, 4) is 0 Å². The molecular weight excluding hydrogens is 240 g/mol. The molecule has 18 heavy (non-hydrogen) atoms. The molecule has 3 heteroatoms. The van der Waals surface area contributed by atoms with E-state index in [4.69, 9.17) is 12.2 Å². The van der Waals surface area contributed by atoms with Gasteiger partial charge in [0.1, 0.15) is 0 Å². The summed E-state index contributed by atoms with van der Waals surface area (Å²) in [5, 5.41) is 7.95. The summed E-state index contributed by atoms with van der Waals surface area (Å²) in [5.74, 6) is 0. The molecule has 2 saturated carbocycles. The second-order valence-electron chi connectivity index (χ2n) is 6.91. The van der Waals surface area contributed by atoms with Crippen LogP contribution in [0.4, 0.5) is 0 Å². The van der Waals surface area contributed by atoms with Gasteiger partial charge in [-0.15, -0.1) is 0 Å². The maximum absolute atomic E-state index is 5.47.